The molecule has 0 bridgehead atoms. The van der Waals surface area contributed by atoms with Crippen LogP contribution in [0.2, 0.25) is 0 Å². The van der Waals surface area contributed by atoms with Crippen molar-refractivity contribution in [3.8, 4) is 0 Å². The zero-order valence-corrected chi connectivity index (χ0v) is 11.6. The standard InChI is InChI=1S/C13H24N4O/c1-4-7-17-12(11(14)10(2)15-17)16-8-5-6-13(3,18)9-16/h18H,4-9,14H2,1-3H3. The van der Waals surface area contributed by atoms with Crippen LogP contribution in [0, 0.1) is 6.92 Å². The quantitative estimate of drug-likeness (QED) is 0.856. The third kappa shape index (κ3) is 2.46. The Morgan fingerprint density at radius 2 is 2.22 bits per heavy atom. The van der Waals surface area contributed by atoms with Crippen molar-refractivity contribution >= 4 is 11.5 Å². The molecule has 0 aromatic carbocycles. The molecule has 1 aliphatic rings. The lowest BCUT2D eigenvalue weighted by Crippen LogP contribution is -2.47. The second-order valence-corrected chi connectivity index (χ2v) is 5.57. The predicted octanol–water partition coefficient (Wildman–Crippen LogP) is 1.53. The van der Waals surface area contributed by atoms with Crippen LogP contribution in [0.25, 0.3) is 0 Å². The molecule has 1 atom stereocenters. The molecule has 18 heavy (non-hydrogen) atoms. The van der Waals surface area contributed by atoms with Gasteiger partial charge in [0.1, 0.15) is 0 Å². The lowest BCUT2D eigenvalue weighted by atomic mass is 9.95. The molecule has 102 valence electrons. The van der Waals surface area contributed by atoms with Gasteiger partial charge in [0, 0.05) is 19.6 Å². The molecule has 1 aromatic rings. The zero-order chi connectivity index (χ0) is 13.3. The third-order valence-corrected chi connectivity index (χ3v) is 3.56. The van der Waals surface area contributed by atoms with E-state index < -0.39 is 5.60 Å². The summed E-state index contributed by atoms with van der Waals surface area (Å²) in [5.74, 6) is 0.981. The van der Waals surface area contributed by atoms with E-state index in [0.717, 1.165) is 49.6 Å². The van der Waals surface area contributed by atoms with Crippen LogP contribution < -0.4 is 10.6 Å². The maximum Gasteiger partial charge on any atom is 0.150 e. The van der Waals surface area contributed by atoms with Crippen LogP contribution in [0.4, 0.5) is 11.5 Å². The molecule has 0 saturated carbocycles. The van der Waals surface area contributed by atoms with Crippen LogP contribution in [0.5, 0.6) is 0 Å². The first-order valence-electron chi connectivity index (χ1n) is 6.75. The van der Waals surface area contributed by atoms with Crippen molar-refractivity contribution in [3.63, 3.8) is 0 Å². The van der Waals surface area contributed by atoms with Crippen LogP contribution in [0.3, 0.4) is 0 Å². The summed E-state index contributed by atoms with van der Waals surface area (Å²) in [5, 5.41) is 14.7. The van der Waals surface area contributed by atoms with Gasteiger partial charge in [0.15, 0.2) is 5.82 Å². The first-order chi connectivity index (χ1) is 8.44. The average Bonchev–Trinajstić information content (AvgIpc) is 2.54. The third-order valence-electron chi connectivity index (χ3n) is 3.56. The minimum Gasteiger partial charge on any atom is -0.394 e. The Labute approximate surface area is 109 Å². The number of hydrogen-bond acceptors (Lipinski definition) is 4. The van der Waals surface area contributed by atoms with Gasteiger partial charge in [-0.25, -0.2) is 4.68 Å². The molecule has 1 aromatic heterocycles. The van der Waals surface area contributed by atoms with E-state index in [1.165, 1.54) is 0 Å². The predicted molar refractivity (Wildman–Crippen MR) is 73.7 cm³/mol. The SMILES string of the molecule is CCCn1nc(C)c(N)c1N1CCCC(C)(O)C1. The number of nitrogens with two attached hydrogens (primary N) is 1. The van der Waals surface area contributed by atoms with E-state index in [1.54, 1.807) is 0 Å². The van der Waals surface area contributed by atoms with Gasteiger partial charge < -0.3 is 15.7 Å². The van der Waals surface area contributed by atoms with Gasteiger partial charge in [-0.3, -0.25) is 0 Å². The van der Waals surface area contributed by atoms with E-state index in [1.807, 2.05) is 18.5 Å². The number of rotatable bonds is 3. The molecular weight excluding hydrogens is 228 g/mol. The molecule has 0 amide bonds. The number of β-amino-alcohol motifs (C(OH)–C–C–N with tert-alkyl or cyclic N) is 1. The Hall–Kier alpha value is -1.23. The lowest BCUT2D eigenvalue weighted by Gasteiger charge is -2.38. The van der Waals surface area contributed by atoms with Crippen LogP contribution >= 0.6 is 0 Å². The minimum atomic E-state index is -0.625. The molecule has 1 unspecified atom stereocenters. The second kappa shape index (κ2) is 4.80. The Morgan fingerprint density at radius 1 is 1.50 bits per heavy atom. The molecule has 5 heteroatoms. The van der Waals surface area contributed by atoms with Crippen molar-refractivity contribution in [3.05, 3.63) is 5.69 Å². The van der Waals surface area contributed by atoms with Crippen molar-refractivity contribution in [1.82, 2.24) is 9.78 Å². The van der Waals surface area contributed by atoms with Crippen molar-refractivity contribution in [2.24, 2.45) is 0 Å². The molecule has 0 radical (unpaired) electrons. The Kier molecular flexibility index (Phi) is 3.52. The van der Waals surface area contributed by atoms with Gasteiger partial charge in [0.05, 0.1) is 17.0 Å². The molecule has 5 nitrogen and oxygen atoms in total. The van der Waals surface area contributed by atoms with Gasteiger partial charge in [-0.2, -0.15) is 5.10 Å². The smallest absolute Gasteiger partial charge is 0.150 e. The van der Waals surface area contributed by atoms with Crippen LogP contribution in [-0.4, -0.2) is 33.6 Å². The van der Waals surface area contributed by atoms with E-state index in [-0.39, 0.29) is 0 Å². The molecular formula is C13H24N4O. The van der Waals surface area contributed by atoms with Gasteiger partial charge in [-0.05, 0) is 33.1 Å². The Morgan fingerprint density at radius 3 is 2.83 bits per heavy atom. The number of anilines is 2. The summed E-state index contributed by atoms with van der Waals surface area (Å²) in [4.78, 5) is 2.18. The van der Waals surface area contributed by atoms with Crippen LogP contribution in [-0.2, 0) is 6.54 Å². The highest BCUT2D eigenvalue weighted by Gasteiger charge is 2.31. The molecule has 1 fully saturated rings. The molecule has 0 aliphatic carbocycles. The number of aromatic nitrogens is 2. The number of nitrogen functional groups attached to an aromatic ring is 1. The number of nitrogens with zero attached hydrogens (tertiary/aromatic N) is 3. The Bertz CT molecular complexity index is 425. The highest BCUT2D eigenvalue weighted by molar-refractivity contribution is 5.66. The fourth-order valence-electron chi connectivity index (χ4n) is 2.69. The van der Waals surface area contributed by atoms with Gasteiger partial charge in [0.25, 0.3) is 0 Å². The highest BCUT2D eigenvalue weighted by Crippen LogP contribution is 2.31. The van der Waals surface area contributed by atoms with E-state index in [4.69, 9.17) is 5.73 Å². The van der Waals surface area contributed by atoms with Gasteiger partial charge in [0.2, 0.25) is 0 Å². The zero-order valence-electron chi connectivity index (χ0n) is 11.6. The van der Waals surface area contributed by atoms with Crippen LogP contribution in [0.1, 0.15) is 38.8 Å². The first kappa shape index (κ1) is 13.2. The summed E-state index contributed by atoms with van der Waals surface area (Å²) in [6, 6.07) is 0. The normalized spacial score (nSPS) is 24.6. The van der Waals surface area contributed by atoms with Crippen molar-refractivity contribution in [2.75, 3.05) is 23.7 Å². The first-order valence-corrected chi connectivity index (χ1v) is 6.75. The molecule has 2 rings (SSSR count). The van der Waals surface area contributed by atoms with Crippen LogP contribution in [0.15, 0.2) is 0 Å². The summed E-state index contributed by atoms with van der Waals surface area (Å²) in [7, 11) is 0. The maximum atomic E-state index is 10.2. The van der Waals surface area contributed by atoms with E-state index in [9.17, 15) is 5.11 Å². The fraction of sp³-hybridized carbons (Fsp3) is 0.769. The Balaban J connectivity index is 2.31. The number of piperidine rings is 1. The van der Waals surface area contributed by atoms with E-state index >= 15 is 0 Å². The summed E-state index contributed by atoms with van der Waals surface area (Å²) >= 11 is 0. The molecule has 1 aliphatic heterocycles. The summed E-state index contributed by atoms with van der Waals surface area (Å²) in [5.41, 5.74) is 7.15. The summed E-state index contributed by atoms with van der Waals surface area (Å²) < 4.78 is 1.98. The highest BCUT2D eigenvalue weighted by atomic mass is 16.3. The van der Waals surface area contributed by atoms with Gasteiger partial charge in [-0.15, -0.1) is 0 Å². The molecule has 0 spiro atoms. The number of aryl methyl sites for hydroxylation is 2. The molecule has 3 N–H and O–H groups in total. The van der Waals surface area contributed by atoms with Gasteiger partial charge >= 0.3 is 0 Å². The summed E-state index contributed by atoms with van der Waals surface area (Å²) in [6.07, 6.45) is 2.87. The van der Waals surface area contributed by atoms with Crippen molar-refractivity contribution in [1.29, 1.82) is 0 Å². The average molecular weight is 252 g/mol. The maximum absolute atomic E-state index is 10.2. The fourth-order valence-corrected chi connectivity index (χ4v) is 2.69. The largest absolute Gasteiger partial charge is 0.394 e. The van der Waals surface area contributed by atoms with E-state index in [0.29, 0.717) is 6.54 Å². The molecule has 2 heterocycles. The number of hydrogen-bond donors (Lipinski definition) is 2. The molecule has 1 saturated heterocycles. The summed E-state index contributed by atoms with van der Waals surface area (Å²) in [6.45, 7) is 8.40. The second-order valence-electron chi connectivity index (χ2n) is 5.57. The minimum absolute atomic E-state index is 0.625. The van der Waals surface area contributed by atoms with E-state index in [2.05, 4.69) is 16.9 Å². The van der Waals surface area contributed by atoms with Gasteiger partial charge in [-0.1, -0.05) is 6.92 Å². The van der Waals surface area contributed by atoms with Crippen molar-refractivity contribution in [2.45, 2.75) is 52.2 Å². The number of aliphatic hydroxyl groups is 1. The monoisotopic (exact) mass is 252 g/mol. The lowest BCUT2D eigenvalue weighted by molar-refractivity contribution is 0.0445. The topological polar surface area (TPSA) is 67.3 Å². The van der Waals surface area contributed by atoms with Crippen molar-refractivity contribution < 1.29 is 5.11 Å².